The molecule has 0 spiro atoms. The van der Waals surface area contributed by atoms with Crippen molar-refractivity contribution in [2.75, 3.05) is 20.1 Å². The van der Waals surface area contributed by atoms with Crippen molar-refractivity contribution in [3.8, 4) is 0 Å². The van der Waals surface area contributed by atoms with Gasteiger partial charge in [0, 0.05) is 20.1 Å². The SMILES string of the molecule is CCN1C(=O)N(CC)[C@@H]2[C@H]1NC(=O)N2C. The number of rotatable bonds is 2. The van der Waals surface area contributed by atoms with E-state index in [-0.39, 0.29) is 24.4 Å². The highest BCUT2D eigenvalue weighted by molar-refractivity contribution is 5.84. The zero-order chi connectivity index (χ0) is 11.2. The van der Waals surface area contributed by atoms with Gasteiger partial charge in [-0.25, -0.2) is 9.59 Å². The summed E-state index contributed by atoms with van der Waals surface area (Å²) in [5.41, 5.74) is 0. The van der Waals surface area contributed by atoms with Gasteiger partial charge in [0.2, 0.25) is 0 Å². The number of nitrogens with one attached hydrogen (secondary N) is 1. The molecule has 2 aliphatic heterocycles. The third kappa shape index (κ3) is 1.17. The van der Waals surface area contributed by atoms with Crippen LogP contribution in [0.5, 0.6) is 0 Å². The minimum absolute atomic E-state index is 0.00171. The van der Waals surface area contributed by atoms with Crippen LogP contribution in [-0.2, 0) is 0 Å². The number of carbonyl (C=O) groups is 2. The maximum atomic E-state index is 11.9. The van der Waals surface area contributed by atoms with Crippen molar-refractivity contribution < 1.29 is 9.59 Å². The molecule has 0 bridgehead atoms. The Morgan fingerprint density at radius 3 is 2.33 bits per heavy atom. The molecule has 6 nitrogen and oxygen atoms in total. The highest BCUT2D eigenvalue weighted by Crippen LogP contribution is 2.27. The molecule has 2 saturated heterocycles. The van der Waals surface area contributed by atoms with E-state index in [1.54, 1.807) is 21.7 Å². The van der Waals surface area contributed by atoms with Crippen LogP contribution in [0, 0.1) is 0 Å². The highest BCUT2D eigenvalue weighted by atomic mass is 16.2. The van der Waals surface area contributed by atoms with E-state index in [2.05, 4.69) is 5.32 Å². The summed E-state index contributed by atoms with van der Waals surface area (Å²) in [4.78, 5) is 28.4. The molecule has 0 aromatic heterocycles. The first kappa shape index (κ1) is 10.1. The van der Waals surface area contributed by atoms with Gasteiger partial charge in [-0.1, -0.05) is 0 Å². The second-order valence-electron chi connectivity index (χ2n) is 3.77. The summed E-state index contributed by atoms with van der Waals surface area (Å²) in [5, 5.41) is 2.81. The van der Waals surface area contributed by atoms with Gasteiger partial charge in [-0.3, -0.25) is 0 Å². The molecule has 6 heteroatoms. The van der Waals surface area contributed by atoms with Crippen LogP contribution in [0.4, 0.5) is 9.59 Å². The Labute approximate surface area is 88.8 Å². The smallest absolute Gasteiger partial charge is 0.314 e. The van der Waals surface area contributed by atoms with Crippen LogP contribution in [0.3, 0.4) is 0 Å². The molecule has 0 aliphatic carbocycles. The molecule has 0 saturated carbocycles. The van der Waals surface area contributed by atoms with E-state index >= 15 is 0 Å². The van der Waals surface area contributed by atoms with Gasteiger partial charge in [-0.15, -0.1) is 0 Å². The number of urea groups is 2. The lowest BCUT2D eigenvalue weighted by Crippen LogP contribution is -2.44. The van der Waals surface area contributed by atoms with E-state index in [0.29, 0.717) is 13.1 Å². The second kappa shape index (κ2) is 3.29. The van der Waals surface area contributed by atoms with Gasteiger partial charge in [0.05, 0.1) is 0 Å². The predicted octanol–water partition coefficient (Wildman–Crippen LogP) is 0.0710. The van der Waals surface area contributed by atoms with Gasteiger partial charge in [0.1, 0.15) is 12.3 Å². The predicted molar refractivity (Wildman–Crippen MR) is 54.0 cm³/mol. The maximum Gasteiger partial charge on any atom is 0.323 e. The van der Waals surface area contributed by atoms with Crippen molar-refractivity contribution in [3.63, 3.8) is 0 Å². The molecular formula is C9H16N4O2. The molecule has 2 fully saturated rings. The van der Waals surface area contributed by atoms with Crippen LogP contribution in [0.2, 0.25) is 0 Å². The summed E-state index contributed by atoms with van der Waals surface area (Å²) in [5.74, 6) is 0. The second-order valence-corrected chi connectivity index (χ2v) is 3.77. The van der Waals surface area contributed by atoms with Crippen LogP contribution in [-0.4, -0.2) is 59.2 Å². The van der Waals surface area contributed by atoms with Gasteiger partial charge in [0.25, 0.3) is 0 Å². The highest BCUT2D eigenvalue weighted by Gasteiger charge is 2.52. The Bertz CT molecular complexity index is 306. The lowest BCUT2D eigenvalue weighted by Gasteiger charge is -2.25. The molecule has 0 aromatic carbocycles. The Morgan fingerprint density at radius 2 is 1.80 bits per heavy atom. The quantitative estimate of drug-likeness (QED) is 0.704. The first-order valence-corrected chi connectivity index (χ1v) is 5.22. The number of likely N-dealkylation sites (N-methyl/N-ethyl adjacent to an activating group) is 3. The molecule has 84 valence electrons. The van der Waals surface area contributed by atoms with Crippen LogP contribution in [0.1, 0.15) is 13.8 Å². The third-order valence-corrected chi connectivity index (χ3v) is 3.10. The van der Waals surface area contributed by atoms with Crippen molar-refractivity contribution in [2.45, 2.75) is 26.2 Å². The van der Waals surface area contributed by atoms with E-state index in [4.69, 9.17) is 0 Å². The molecule has 0 unspecified atom stereocenters. The number of nitrogens with zero attached hydrogens (tertiary/aromatic N) is 3. The normalized spacial score (nSPS) is 29.9. The van der Waals surface area contributed by atoms with Gasteiger partial charge >= 0.3 is 12.1 Å². The standard InChI is InChI=1S/C9H16N4O2/c1-4-12-6-7(11(3)8(14)10-6)13(5-2)9(12)15/h6-7H,4-5H2,1-3H3,(H,10,14)/t6-,7+/m0/s1. The fourth-order valence-corrected chi connectivity index (χ4v) is 2.30. The van der Waals surface area contributed by atoms with Gasteiger partial charge in [0.15, 0.2) is 0 Å². The molecule has 2 heterocycles. The van der Waals surface area contributed by atoms with Gasteiger partial charge in [-0.05, 0) is 13.8 Å². The van der Waals surface area contributed by atoms with E-state index in [9.17, 15) is 9.59 Å². The molecule has 15 heavy (non-hydrogen) atoms. The average molecular weight is 212 g/mol. The minimum atomic E-state index is -0.194. The maximum absolute atomic E-state index is 11.9. The van der Waals surface area contributed by atoms with Crippen LogP contribution in [0.25, 0.3) is 0 Å². The van der Waals surface area contributed by atoms with Crippen molar-refractivity contribution in [3.05, 3.63) is 0 Å². The van der Waals surface area contributed by atoms with Crippen LogP contribution in [0.15, 0.2) is 0 Å². The fourth-order valence-electron chi connectivity index (χ4n) is 2.30. The molecule has 2 rings (SSSR count). The topological polar surface area (TPSA) is 55.9 Å². The zero-order valence-electron chi connectivity index (χ0n) is 9.23. The largest absolute Gasteiger partial charge is 0.323 e. The Morgan fingerprint density at radius 1 is 1.20 bits per heavy atom. The summed E-state index contributed by atoms with van der Waals surface area (Å²) < 4.78 is 0. The van der Waals surface area contributed by atoms with E-state index in [1.165, 1.54) is 0 Å². The third-order valence-electron chi connectivity index (χ3n) is 3.10. The number of amides is 4. The summed E-state index contributed by atoms with van der Waals surface area (Å²) in [6.45, 7) is 5.07. The molecule has 2 atom stereocenters. The van der Waals surface area contributed by atoms with Crippen molar-refractivity contribution in [1.82, 2.24) is 20.0 Å². The number of hydrogen-bond acceptors (Lipinski definition) is 2. The Kier molecular flexibility index (Phi) is 2.21. The van der Waals surface area contributed by atoms with Gasteiger partial charge in [-0.2, -0.15) is 0 Å². The molecule has 1 N–H and O–H groups in total. The van der Waals surface area contributed by atoms with E-state index in [1.807, 2.05) is 13.8 Å². The Balaban J connectivity index is 2.31. The molecule has 0 radical (unpaired) electrons. The minimum Gasteiger partial charge on any atom is -0.314 e. The first-order valence-electron chi connectivity index (χ1n) is 5.22. The zero-order valence-corrected chi connectivity index (χ0v) is 9.23. The number of fused-ring (bicyclic) bond motifs is 1. The number of hydrogen-bond donors (Lipinski definition) is 1. The average Bonchev–Trinajstić information content (AvgIpc) is 2.63. The van der Waals surface area contributed by atoms with Crippen molar-refractivity contribution in [2.24, 2.45) is 0 Å². The lowest BCUT2D eigenvalue weighted by molar-refractivity contribution is 0.149. The van der Waals surface area contributed by atoms with Crippen molar-refractivity contribution in [1.29, 1.82) is 0 Å². The summed E-state index contributed by atoms with van der Waals surface area (Å²) in [6.07, 6.45) is -0.352. The van der Waals surface area contributed by atoms with Crippen molar-refractivity contribution >= 4 is 12.1 Å². The first-order chi connectivity index (χ1) is 7.11. The van der Waals surface area contributed by atoms with Crippen LogP contribution >= 0.6 is 0 Å². The molecule has 0 aromatic rings. The van der Waals surface area contributed by atoms with Crippen LogP contribution < -0.4 is 5.32 Å². The molecule has 4 amide bonds. The molecule has 2 aliphatic rings. The fraction of sp³-hybridized carbons (Fsp3) is 0.778. The monoisotopic (exact) mass is 212 g/mol. The van der Waals surface area contributed by atoms with E-state index in [0.717, 1.165) is 0 Å². The van der Waals surface area contributed by atoms with E-state index < -0.39 is 0 Å². The summed E-state index contributed by atoms with van der Waals surface area (Å²) in [7, 11) is 1.72. The Hall–Kier alpha value is -1.46. The van der Waals surface area contributed by atoms with Gasteiger partial charge < -0.3 is 20.0 Å². The summed E-state index contributed by atoms with van der Waals surface area (Å²) >= 11 is 0. The summed E-state index contributed by atoms with van der Waals surface area (Å²) in [6, 6.07) is -0.115. The lowest BCUT2D eigenvalue weighted by atomic mass is 10.3. The number of carbonyl (C=O) groups excluding carboxylic acids is 2. The molecular weight excluding hydrogens is 196 g/mol.